The zero-order valence-corrected chi connectivity index (χ0v) is 17.7. The van der Waals surface area contributed by atoms with Crippen LogP contribution in [0.15, 0.2) is 48.5 Å². The number of para-hydroxylation sites is 2. The molecule has 1 fully saturated rings. The summed E-state index contributed by atoms with van der Waals surface area (Å²) in [6.07, 6.45) is 0.505. The van der Waals surface area contributed by atoms with Gasteiger partial charge in [0, 0.05) is 6.42 Å². The van der Waals surface area contributed by atoms with Crippen LogP contribution in [0.1, 0.15) is 12.2 Å². The first-order valence-electron chi connectivity index (χ1n) is 10.0. The van der Waals surface area contributed by atoms with E-state index < -0.39 is 15.9 Å². The topological polar surface area (TPSA) is 90.6 Å². The minimum atomic E-state index is -2.94. The molecule has 4 rings (SSSR count). The minimum absolute atomic E-state index is 0.0678. The molecule has 160 valence electrons. The maximum Gasteiger partial charge on any atom is 0.150 e. The molecule has 8 heteroatoms. The number of ether oxygens (including phenoxy) is 2. The Labute approximate surface area is 176 Å². The normalized spacial score (nSPS) is 19.1. The van der Waals surface area contributed by atoms with E-state index in [2.05, 4.69) is 0 Å². The molecule has 2 aromatic carbocycles. The number of aliphatic hydroxyl groups excluding tert-OH is 1. The third-order valence-corrected chi connectivity index (χ3v) is 7.26. The highest BCUT2D eigenvalue weighted by molar-refractivity contribution is 7.91. The molecular weight excluding hydrogens is 404 g/mol. The van der Waals surface area contributed by atoms with Crippen LogP contribution in [0.4, 0.5) is 0 Å². The highest BCUT2D eigenvalue weighted by Crippen LogP contribution is 2.25. The molecule has 1 saturated heterocycles. The molecule has 0 saturated carbocycles. The van der Waals surface area contributed by atoms with Gasteiger partial charge < -0.3 is 19.1 Å². The van der Waals surface area contributed by atoms with Gasteiger partial charge in [-0.15, -0.1) is 0 Å². The van der Waals surface area contributed by atoms with Crippen LogP contribution < -0.4 is 9.47 Å². The van der Waals surface area contributed by atoms with Gasteiger partial charge in [0.15, 0.2) is 9.84 Å². The van der Waals surface area contributed by atoms with Crippen molar-refractivity contribution in [2.24, 2.45) is 5.92 Å². The molecule has 30 heavy (non-hydrogen) atoms. The molecule has 0 unspecified atom stereocenters. The summed E-state index contributed by atoms with van der Waals surface area (Å²) in [6, 6.07) is 15.0. The van der Waals surface area contributed by atoms with Crippen molar-refractivity contribution in [1.82, 2.24) is 9.55 Å². The summed E-state index contributed by atoms with van der Waals surface area (Å²) in [6.45, 7) is 0.460. The first kappa shape index (κ1) is 20.7. The van der Waals surface area contributed by atoms with Crippen LogP contribution in [-0.4, -0.2) is 54.4 Å². The molecule has 7 nitrogen and oxygen atoms in total. The molecular formula is C22H26N2O5S. The first-order valence-corrected chi connectivity index (χ1v) is 11.8. The standard InChI is InChI=1S/C22H26N2O5S/c1-28-18-6-8-19(9-7-18)29-14-17(25)13-24-21-5-3-2-4-20(21)23-22(24)12-16-10-11-30(26,27)15-16/h2-9,16-17,25H,10-15H2,1H3/t16-,17+/m1/s1. The summed E-state index contributed by atoms with van der Waals surface area (Å²) < 4.78 is 36.5. The zero-order chi connectivity index (χ0) is 21.1. The number of fused-ring (bicyclic) bond motifs is 1. The maximum absolute atomic E-state index is 11.8. The molecule has 0 spiro atoms. The van der Waals surface area contributed by atoms with Crippen molar-refractivity contribution < 1.29 is 23.0 Å². The van der Waals surface area contributed by atoms with E-state index in [1.165, 1.54) is 0 Å². The van der Waals surface area contributed by atoms with Gasteiger partial charge in [-0.3, -0.25) is 0 Å². The summed E-state index contributed by atoms with van der Waals surface area (Å²) in [4.78, 5) is 4.72. The van der Waals surface area contributed by atoms with Crippen LogP contribution in [-0.2, 0) is 22.8 Å². The summed E-state index contributed by atoms with van der Waals surface area (Å²) in [5.74, 6) is 2.73. The van der Waals surface area contributed by atoms with Gasteiger partial charge in [-0.25, -0.2) is 13.4 Å². The van der Waals surface area contributed by atoms with E-state index >= 15 is 0 Å². The average Bonchev–Trinajstić information content (AvgIpc) is 3.26. The summed E-state index contributed by atoms with van der Waals surface area (Å²) >= 11 is 0. The van der Waals surface area contributed by atoms with E-state index in [9.17, 15) is 13.5 Å². The molecule has 1 aliphatic rings. The fourth-order valence-corrected chi connectivity index (χ4v) is 5.77. The fourth-order valence-electron chi connectivity index (χ4n) is 3.90. The summed E-state index contributed by atoms with van der Waals surface area (Å²) in [5.41, 5.74) is 1.77. The molecule has 2 atom stereocenters. The van der Waals surface area contributed by atoms with Crippen molar-refractivity contribution in [1.29, 1.82) is 0 Å². The van der Waals surface area contributed by atoms with E-state index in [-0.39, 0.29) is 24.0 Å². The van der Waals surface area contributed by atoms with Gasteiger partial charge in [0.2, 0.25) is 0 Å². The second kappa shape index (κ2) is 8.65. The van der Waals surface area contributed by atoms with Crippen LogP contribution in [0.3, 0.4) is 0 Å². The van der Waals surface area contributed by atoms with E-state index in [0.717, 1.165) is 22.6 Å². The number of imidazole rings is 1. The number of aliphatic hydroxyl groups is 1. The predicted octanol–water partition coefficient (Wildman–Crippen LogP) is 2.46. The molecule has 2 heterocycles. The third kappa shape index (κ3) is 4.76. The molecule has 0 aliphatic carbocycles. The number of nitrogens with zero attached hydrogens (tertiary/aromatic N) is 2. The van der Waals surface area contributed by atoms with Crippen molar-refractivity contribution in [3.63, 3.8) is 0 Å². The number of benzene rings is 2. The average molecular weight is 431 g/mol. The van der Waals surface area contributed by atoms with Crippen LogP contribution in [0.25, 0.3) is 11.0 Å². The van der Waals surface area contributed by atoms with Crippen LogP contribution >= 0.6 is 0 Å². The molecule has 1 aromatic heterocycles. The van der Waals surface area contributed by atoms with E-state index in [0.29, 0.717) is 25.1 Å². The Morgan fingerprint density at radius 1 is 1.17 bits per heavy atom. The summed E-state index contributed by atoms with van der Waals surface area (Å²) in [7, 11) is -1.34. The molecule has 0 amide bonds. The van der Waals surface area contributed by atoms with E-state index in [4.69, 9.17) is 14.5 Å². The molecule has 0 radical (unpaired) electrons. The lowest BCUT2D eigenvalue weighted by molar-refractivity contribution is 0.0925. The number of hydrogen-bond acceptors (Lipinski definition) is 6. The lowest BCUT2D eigenvalue weighted by Crippen LogP contribution is -2.25. The second-order valence-corrected chi connectivity index (χ2v) is 9.97. The Morgan fingerprint density at radius 2 is 1.90 bits per heavy atom. The minimum Gasteiger partial charge on any atom is -0.497 e. The van der Waals surface area contributed by atoms with Crippen molar-refractivity contribution in [2.45, 2.75) is 25.5 Å². The van der Waals surface area contributed by atoms with Crippen molar-refractivity contribution >= 4 is 20.9 Å². The Kier molecular flexibility index (Phi) is 5.97. The van der Waals surface area contributed by atoms with Crippen LogP contribution in [0, 0.1) is 5.92 Å². The Morgan fingerprint density at radius 3 is 2.60 bits per heavy atom. The fraction of sp³-hybridized carbons (Fsp3) is 0.409. The number of sulfone groups is 1. The highest BCUT2D eigenvalue weighted by atomic mass is 32.2. The van der Waals surface area contributed by atoms with Crippen LogP contribution in [0.5, 0.6) is 11.5 Å². The van der Waals surface area contributed by atoms with Crippen molar-refractivity contribution in [3.8, 4) is 11.5 Å². The predicted molar refractivity (Wildman–Crippen MR) is 115 cm³/mol. The van der Waals surface area contributed by atoms with Gasteiger partial charge in [-0.1, -0.05) is 12.1 Å². The van der Waals surface area contributed by atoms with Gasteiger partial charge in [-0.05, 0) is 48.7 Å². The highest BCUT2D eigenvalue weighted by Gasteiger charge is 2.29. The summed E-state index contributed by atoms with van der Waals surface area (Å²) in [5, 5.41) is 10.6. The largest absolute Gasteiger partial charge is 0.497 e. The van der Waals surface area contributed by atoms with Crippen molar-refractivity contribution in [2.75, 3.05) is 25.2 Å². The first-order chi connectivity index (χ1) is 14.4. The molecule has 1 aliphatic heterocycles. The number of rotatable bonds is 8. The zero-order valence-electron chi connectivity index (χ0n) is 16.9. The quantitative estimate of drug-likeness (QED) is 0.590. The Balaban J connectivity index is 1.47. The number of aromatic nitrogens is 2. The molecule has 1 N–H and O–H groups in total. The monoisotopic (exact) mass is 430 g/mol. The smallest absolute Gasteiger partial charge is 0.150 e. The van der Waals surface area contributed by atoms with Crippen molar-refractivity contribution in [3.05, 3.63) is 54.4 Å². The maximum atomic E-state index is 11.8. The van der Waals surface area contributed by atoms with Gasteiger partial charge in [-0.2, -0.15) is 0 Å². The van der Waals surface area contributed by atoms with E-state index in [1.54, 1.807) is 31.4 Å². The van der Waals surface area contributed by atoms with Gasteiger partial charge in [0.05, 0.1) is 36.2 Å². The molecule has 0 bridgehead atoms. The van der Waals surface area contributed by atoms with Gasteiger partial charge in [0.25, 0.3) is 0 Å². The van der Waals surface area contributed by atoms with Gasteiger partial charge in [0.1, 0.15) is 30.0 Å². The third-order valence-electron chi connectivity index (χ3n) is 5.43. The van der Waals surface area contributed by atoms with Crippen LogP contribution in [0.2, 0.25) is 0 Å². The lowest BCUT2D eigenvalue weighted by Gasteiger charge is -2.17. The second-order valence-electron chi connectivity index (χ2n) is 7.74. The number of methoxy groups -OCH3 is 1. The van der Waals surface area contributed by atoms with Gasteiger partial charge >= 0.3 is 0 Å². The molecule has 3 aromatic rings. The SMILES string of the molecule is COc1ccc(OC[C@@H](O)Cn2c(C[C@H]3CCS(=O)(=O)C3)nc3ccccc32)cc1. The van der Waals surface area contributed by atoms with E-state index in [1.807, 2.05) is 28.8 Å². The number of hydrogen-bond donors (Lipinski definition) is 1. The Hall–Kier alpha value is -2.58. The Bertz CT molecular complexity index is 1110. The lowest BCUT2D eigenvalue weighted by atomic mass is 10.1.